The van der Waals surface area contributed by atoms with Crippen LogP contribution in [0.5, 0.6) is 0 Å². The Morgan fingerprint density at radius 1 is 1.56 bits per heavy atom. The lowest BCUT2D eigenvalue weighted by Crippen LogP contribution is -2.26. The van der Waals surface area contributed by atoms with Gasteiger partial charge in [-0.2, -0.15) is 11.8 Å². The highest BCUT2D eigenvalue weighted by Crippen LogP contribution is 2.28. The molecule has 1 saturated carbocycles. The van der Waals surface area contributed by atoms with Crippen LogP contribution in [0.2, 0.25) is 0 Å². The van der Waals surface area contributed by atoms with Crippen molar-refractivity contribution in [2.24, 2.45) is 5.73 Å². The van der Waals surface area contributed by atoms with Crippen LogP contribution in [0.15, 0.2) is 0 Å². The van der Waals surface area contributed by atoms with E-state index in [0.717, 1.165) is 5.25 Å². The lowest BCUT2D eigenvalue weighted by atomic mass is 10.3. The zero-order chi connectivity index (χ0) is 6.69. The maximum atomic E-state index is 5.84. The largest absolute Gasteiger partial charge is 0.327 e. The van der Waals surface area contributed by atoms with Gasteiger partial charge in [-0.1, -0.05) is 13.3 Å². The summed E-state index contributed by atoms with van der Waals surface area (Å²) in [5.41, 5.74) is 5.84. The fourth-order valence-corrected chi connectivity index (χ4v) is 2.52. The van der Waals surface area contributed by atoms with Crippen LogP contribution in [0.1, 0.15) is 26.2 Å². The minimum absolute atomic E-state index is 0.495. The zero-order valence-corrected chi connectivity index (χ0v) is 6.79. The zero-order valence-electron chi connectivity index (χ0n) is 5.97. The highest BCUT2D eigenvalue weighted by molar-refractivity contribution is 7.99. The normalized spacial score (nSPS) is 35.3. The summed E-state index contributed by atoms with van der Waals surface area (Å²) in [7, 11) is 0. The van der Waals surface area contributed by atoms with Crippen LogP contribution in [0.25, 0.3) is 0 Å². The van der Waals surface area contributed by atoms with Crippen molar-refractivity contribution in [1.82, 2.24) is 0 Å². The summed E-state index contributed by atoms with van der Waals surface area (Å²) in [4.78, 5) is 0. The first kappa shape index (κ1) is 7.42. The van der Waals surface area contributed by atoms with Crippen molar-refractivity contribution in [2.75, 3.05) is 5.75 Å². The molecule has 0 aromatic carbocycles. The SMILES string of the molecule is CCS[C@@H]1CCC[C@H]1N. The summed E-state index contributed by atoms with van der Waals surface area (Å²) in [5, 5.41) is 0.773. The van der Waals surface area contributed by atoms with E-state index in [1.807, 2.05) is 11.8 Å². The Hall–Kier alpha value is 0.310. The van der Waals surface area contributed by atoms with Gasteiger partial charge in [0.25, 0.3) is 0 Å². The summed E-state index contributed by atoms with van der Waals surface area (Å²) in [6.07, 6.45) is 3.94. The van der Waals surface area contributed by atoms with E-state index in [1.54, 1.807) is 0 Å². The van der Waals surface area contributed by atoms with E-state index in [-0.39, 0.29) is 0 Å². The molecule has 1 fully saturated rings. The second-order valence-corrected chi connectivity index (χ2v) is 4.10. The minimum atomic E-state index is 0.495. The molecule has 1 aliphatic rings. The first-order valence-electron chi connectivity index (χ1n) is 3.71. The molecule has 1 nitrogen and oxygen atoms in total. The second kappa shape index (κ2) is 3.47. The molecule has 1 aliphatic carbocycles. The van der Waals surface area contributed by atoms with Crippen molar-refractivity contribution in [3.05, 3.63) is 0 Å². The Morgan fingerprint density at radius 2 is 2.33 bits per heavy atom. The smallest absolute Gasteiger partial charge is 0.0198 e. The van der Waals surface area contributed by atoms with Crippen molar-refractivity contribution >= 4 is 11.8 Å². The summed E-state index contributed by atoms with van der Waals surface area (Å²) >= 11 is 2.02. The van der Waals surface area contributed by atoms with E-state index in [4.69, 9.17) is 5.73 Å². The number of hydrogen-bond donors (Lipinski definition) is 1. The molecule has 0 unspecified atom stereocenters. The van der Waals surface area contributed by atoms with Gasteiger partial charge in [0.05, 0.1) is 0 Å². The molecular formula is C7H15NS. The predicted molar refractivity (Wildman–Crippen MR) is 43.7 cm³/mol. The molecule has 0 aromatic heterocycles. The quantitative estimate of drug-likeness (QED) is 0.639. The predicted octanol–water partition coefficient (Wildman–Crippen LogP) is 1.62. The molecular weight excluding hydrogens is 130 g/mol. The molecule has 0 bridgehead atoms. The minimum Gasteiger partial charge on any atom is -0.327 e. The molecule has 0 aromatic rings. The average Bonchev–Trinajstić information content (AvgIpc) is 2.18. The lowest BCUT2D eigenvalue weighted by molar-refractivity contribution is 0.716. The average molecular weight is 145 g/mol. The van der Waals surface area contributed by atoms with Crippen LogP contribution < -0.4 is 5.73 Å². The van der Waals surface area contributed by atoms with Crippen LogP contribution in [0, 0.1) is 0 Å². The van der Waals surface area contributed by atoms with Crippen molar-refractivity contribution in [2.45, 2.75) is 37.5 Å². The van der Waals surface area contributed by atoms with Crippen molar-refractivity contribution < 1.29 is 0 Å². The van der Waals surface area contributed by atoms with E-state index in [1.165, 1.54) is 25.0 Å². The van der Waals surface area contributed by atoms with Crippen molar-refractivity contribution in [3.8, 4) is 0 Å². The van der Waals surface area contributed by atoms with Gasteiger partial charge in [-0.15, -0.1) is 0 Å². The number of nitrogens with two attached hydrogens (primary N) is 1. The Bertz CT molecular complexity index is 85.0. The number of rotatable bonds is 2. The van der Waals surface area contributed by atoms with E-state index in [2.05, 4.69) is 6.92 Å². The van der Waals surface area contributed by atoms with Crippen LogP contribution in [0.3, 0.4) is 0 Å². The van der Waals surface area contributed by atoms with Crippen LogP contribution in [-0.4, -0.2) is 17.0 Å². The molecule has 0 saturated heterocycles. The van der Waals surface area contributed by atoms with Gasteiger partial charge in [0, 0.05) is 11.3 Å². The molecule has 0 aliphatic heterocycles. The third kappa shape index (κ3) is 1.87. The molecule has 2 N–H and O–H groups in total. The summed E-state index contributed by atoms with van der Waals surface area (Å²) in [6.45, 7) is 2.20. The molecule has 0 radical (unpaired) electrons. The molecule has 0 heterocycles. The van der Waals surface area contributed by atoms with Gasteiger partial charge >= 0.3 is 0 Å². The second-order valence-electron chi connectivity index (χ2n) is 2.59. The summed E-state index contributed by atoms with van der Waals surface area (Å²) < 4.78 is 0. The van der Waals surface area contributed by atoms with Gasteiger partial charge < -0.3 is 5.73 Å². The maximum Gasteiger partial charge on any atom is 0.0198 e. The lowest BCUT2D eigenvalue weighted by Gasteiger charge is -2.12. The van der Waals surface area contributed by atoms with Crippen LogP contribution >= 0.6 is 11.8 Å². The molecule has 9 heavy (non-hydrogen) atoms. The van der Waals surface area contributed by atoms with Crippen LogP contribution in [-0.2, 0) is 0 Å². The molecule has 0 amide bonds. The first-order chi connectivity index (χ1) is 4.34. The van der Waals surface area contributed by atoms with Crippen LogP contribution in [0.4, 0.5) is 0 Å². The topological polar surface area (TPSA) is 26.0 Å². The molecule has 2 atom stereocenters. The van der Waals surface area contributed by atoms with Gasteiger partial charge in [0.1, 0.15) is 0 Å². The third-order valence-electron chi connectivity index (χ3n) is 1.88. The fraction of sp³-hybridized carbons (Fsp3) is 1.00. The Labute approximate surface area is 61.4 Å². The molecule has 2 heteroatoms. The highest BCUT2D eigenvalue weighted by atomic mass is 32.2. The fourth-order valence-electron chi connectivity index (χ4n) is 1.38. The summed E-state index contributed by atoms with van der Waals surface area (Å²) in [5.74, 6) is 1.22. The van der Waals surface area contributed by atoms with Gasteiger partial charge in [-0.05, 0) is 18.6 Å². The maximum absolute atomic E-state index is 5.84. The first-order valence-corrected chi connectivity index (χ1v) is 4.76. The van der Waals surface area contributed by atoms with Gasteiger partial charge in [0.15, 0.2) is 0 Å². The van der Waals surface area contributed by atoms with E-state index >= 15 is 0 Å². The van der Waals surface area contributed by atoms with E-state index < -0.39 is 0 Å². The third-order valence-corrected chi connectivity index (χ3v) is 3.23. The van der Waals surface area contributed by atoms with E-state index in [0.29, 0.717) is 6.04 Å². The molecule has 1 rings (SSSR count). The van der Waals surface area contributed by atoms with E-state index in [9.17, 15) is 0 Å². The van der Waals surface area contributed by atoms with Gasteiger partial charge in [-0.3, -0.25) is 0 Å². The Kier molecular flexibility index (Phi) is 2.86. The standard InChI is InChI=1S/C7H15NS/c1-2-9-7-5-3-4-6(7)8/h6-7H,2-5,8H2,1H3/t6-,7-/m1/s1. The van der Waals surface area contributed by atoms with Gasteiger partial charge in [0.2, 0.25) is 0 Å². The molecule has 0 spiro atoms. The number of hydrogen-bond acceptors (Lipinski definition) is 2. The summed E-state index contributed by atoms with van der Waals surface area (Å²) in [6, 6.07) is 0.495. The Morgan fingerprint density at radius 3 is 2.78 bits per heavy atom. The monoisotopic (exact) mass is 145 g/mol. The highest BCUT2D eigenvalue weighted by Gasteiger charge is 2.22. The number of thioether (sulfide) groups is 1. The van der Waals surface area contributed by atoms with Crippen molar-refractivity contribution in [1.29, 1.82) is 0 Å². The van der Waals surface area contributed by atoms with Gasteiger partial charge in [-0.25, -0.2) is 0 Å². The van der Waals surface area contributed by atoms with Crippen molar-refractivity contribution in [3.63, 3.8) is 0 Å². The Balaban J connectivity index is 2.22. The molecule has 54 valence electrons.